The minimum atomic E-state index is -2.81. The molecule has 0 aromatic carbocycles. The predicted molar refractivity (Wildman–Crippen MR) is 73.7 cm³/mol. The molecule has 0 spiro atoms. The van der Waals surface area contributed by atoms with Crippen LogP contribution in [0.5, 0.6) is 0 Å². The lowest BCUT2D eigenvalue weighted by Crippen LogP contribution is -2.46. The maximum atomic E-state index is 13.4. The van der Waals surface area contributed by atoms with Crippen LogP contribution in [0.25, 0.3) is 0 Å². The zero-order chi connectivity index (χ0) is 15.6. The fraction of sp³-hybridized carbons (Fsp3) is 0.929. The van der Waals surface area contributed by atoms with E-state index in [1.54, 1.807) is 4.90 Å². The van der Waals surface area contributed by atoms with Gasteiger partial charge in [-0.15, -0.1) is 0 Å². The third-order valence-corrected chi connectivity index (χ3v) is 3.59. The van der Waals surface area contributed by atoms with Crippen LogP contribution in [0.1, 0.15) is 40.5 Å². The van der Waals surface area contributed by atoms with Gasteiger partial charge in [0.1, 0.15) is 5.60 Å². The van der Waals surface area contributed by atoms with Crippen LogP contribution in [0.15, 0.2) is 0 Å². The van der Waals surface area contributed by atoms with Crippen LogP contribution < -0.4 is 5.73 Å². The smallest absolute Gasteiger partial charge is 0.410 e. The quantitative estimate of drug-likeness (QED) is 0.870. The van der Waals surface area contributed by atoms with E-state index in [9.17, 15) is 13.6 Å². The molecular formula is C14H26F2N2O2. The predicted octanol–water partition coefficient (Wildman–Crippen LogP) is 2.86. The van der Waals surface area contributed by atoms with Gasteiger partial charge < -0.3 is 15.4 Å². The summed E-state index contributed by atoms with van der Waals surface area (Å²) in [5, 5.41) is 0. The number of carbonyl (C=O) groups excluding carboxylic acids is 1. The zero-order valence-corrected chi connectivity index (χ0v) is 12.8. The average Bonchev–Trinajstić information content (AvgIpc) is 2.29. The van der Waals surface area contributed by atoms with E-state index < -0.39 is 18.1 Å². The molecule has 2 N–H and O–H groups in total. The van der Waals surface area contributed by atoms with Crippen LogP contribution in [0.3, 0.4) is 0 Å². The number of carbonyl (C=O) groups is 1. The molecule has 20 heavy (non-hydrogen) atoms. The van der Waals surface area contributed by atoms with Gasteiger partial charge in [0.15, 0.2) is 0 Å². The van der Waals surface area contributed by atoms with Crippen LogP contribution in [0.2, 0.25) is 0 Å². The number of nitrogens with zero attached hydrogens (tertiary/aromatic N) is 1. The Balaban J connectivity index is 2.53. The second kappa shape index (κ2) is 6.24. The van der Waals surface area contributed by atoms with Crippen molar-refractivity contribution >= 4 is 6.09 Å². The first kappa shape index (κ1) is 17.1. The highest BCUT2D eigenvalue weighted by Gasteiger charge is 2.37. The highest BCUT2D eigenvalue weighted by molar-refractivity contribution is 5.68. The van der Waals surface area contributed by atoms with E-state index in [2.05, 4.69) is 0 Å². The summed E-state index contributed by atoms with van der Waals surface area (Å²) in [6.07, 6.45) is -0.00332. The number of halogens is 2. The minimum absolute atomic E-state index is 0.0219. The molecular weight excluding hydrogens is 266 g/mol. The minimum Gasteiger partial charge on any atom is -0.444 e. The van der Waals surface area contributed by atoms with E-state index in [0.717, 1.165) is 0 Å². The summed E-state index contributed by atoms with van der Waals surface area (Å²) in [4.78, 5) is 13.5. The van der Waals surface area contributed by atoms with Gasteiger partial charge in [-0.1, -0.05) is 6.92 Å². The number of nitrogens with two attached hydrogens (primary N) is 1. The van der Waals surface area contributed by atoms with Crippen molar-refractivity contribution in [2.45, 2.75) is 52.1 Å². The molecule has 0 aromatic heterocycles. The van der Waals surface area contributed by atoms with Gasteiger partial charge >= 0.3 is 6.09 Å². The summed E-state index contributed by atoms with van der Waals surface area (Å²) < 4.78 is 32.0. The Morgan fingerprint density at radius 1 is 1.40 bits per heavy atom. The van der Waals surface area contributed by atoms with E-state index in [0.29, 0.717) is 19.5 Å². The van der Waals surface area contributed by atoms with Crippen molar-refractivity contribution in [3.8, 4) is 0 Å². The van der Waals surface area contributed by atoms with Crippen LogP contribution >= 0.6 is 0 Å². The third kappa shape index (κ3) is 5.23. The SMILES string of the molecule is CC1CN(C(=O)OC(C)(C)C)CCC1CC(F)(F)CN. The highest BCUT2D eigenvalue weighted by atomic mass is 19.3. The first-order chi connectivity index (χ1) is 9.04. The molecule has 1 fully saturated rings. The number of likely N-dealkylation sites (tertiary alicyclic amines) is 1. The molecule has 0 bridgehead atoms. The lowest BCUT2D eigenvalue weighted by atomic mass is 9.82. The summed E-state index contributed by atoms with van der Waals surface area (Å²) in [5.74, 6) is -2.89. The summed E-state index contributed by atoms with van der Waals surface area (Å²) in [5.41, 5.74) is 4.54. The normalized spacial score (nSPS) is 24.6. The maximum absolute atomic E-state index is 13.4. The molecule has 2 atom stereocenters. The molecule has 1 saturated heterocycles. The van der Waals surface area contributed by atoms with Crippen molar-refractivity contribution in [1.29, 1.82) is 0 Å². The van der Waals surface area contributed by atoms with Crippen molar-refractivity contribution in [2.24, 2.45) is 17.6 Å². The van der Waals surface area contributed by atoms with Gasteiger partial charge in [-0.05, 0) is 39.0 Å². The van der Waals surface area contributed by atoms with Crippen LogP contribution in [0.4, 0.5) is 13.6 Å². The number of piperidine rings is 1. The fourth-order valence-corrected chi connectivity index (χ4v) is 2.46. The molecule has 0 aliphatic carbocycles. The van der Waals surface area contributed by atoms with Gasteiger partial charge in [0.05, 0.1) is 6.54 Å². The van der Waals surface area contributed by atoms with Crippen molar-refractivity contribution < 1.29 is 18.3 Å². The Morgan fingerprint density at radius 3 is 2.45 bits per heavy atom. The number of amides is 1. The third-order valence-electron chi connectivity index (χ3n) is 3.59. The standard InChI is InChI=1S/C14H26F2N2O2/c1-10-8-18(12(19)20-13(2,3)4)6-5-11(10)7-14(15,16)9-17/h10-11H,5-9,17H2,1-4H3. The summed E-state index contributed by atoms with van der Waals surface area (Å²) in [6.45, 7) is 7.62. The van der Waals surface area contributed by atoms with Gasteiger partial charge in [0, 0.05) is 19.5 Å². The molecule has 0 aromatic rings. The van der Waals surface area contributed by atoms with Gasteiger partial charge in [0.25, 0.3) is 5.92 Å². The fourth-order valence-electron chi connectivity index (χ4n) is 2.46. The lowest BCUT2D eigenvalue weighted by molar-refractivity contribution is -0.0360. The molecule has 1 rings (SSSR count). The Bertz CT molecular complexity index is 343. The second-order valence-corrected chi connectivity index (χ2v) is 6.72. The molecule has 1 amide bonds. The molecule has 1 heterocycles. The number of rotatable bonds is 3. The van der Waals surface area contributed by atoms with E-state index in [1.165, 1.54) is 0 Å². The Morgan fingerprint density at radius 2 is 2.00 bits per heavy atom. The Labute approximate surface area is 119 Å². The van der Waals surface area contributed by atoms with Gasteiger partial charge in [-0.2, -0.15) is 0 Å². The first-order valence-corrected chi connectivity index (χ1v) is 7.10. The molecule has 6 heteroatoms. The van der Waals surface area contributed by atoms with Crippen LogP contribution in [-0.4, -0.2) is 42.2 Å². The number of ether oxygens (including phenoxy) is 1. The number of hydrogen-bond acceptors (Lipinski definition) is 3. The average molecular weight is 292 g/mol. The molecule has 1 aliphatic rings. The molecule has 4 nitrogen and oxygen atoms in total. The molecule has 0 radical (unpaired) electrons. The van der Waals surface area contributed by atoms with Crippen LogP contribution in [-0.2, 0) is 4.74 Å². The van der Waals surface area contributed by atoms with Crippen molar-refractivity contribution in [3.63, 3.8) is 0 Å². The highest BCUT2D eigenvalue weighted by Crippen LogP contribution is 2.33. The van der Waals surface area contributed by atoms with Gasteiger partial charge in [-0.25, -0.2) is 13.6 Å². The first-order valence-electron chi connectivity index (χ1n) is 7.10. The van der Waals surface area contributed by atoms with Gasteiger partial charge in [-0.3, -0.25) is 0 Å². The lowest BCUT2D eigenvalue weighted by Gasteiger charge is -2.38. The maximum Gasteiger partial charge on any atom is 0.410 e. The largest absolute Gasteiger partial charge is 0.444 e. The van der Waals surface area contributed by atoms with E-state index >= 15 is 0 Å². The Kier molecular flexibility index (Phi) is 5.35. The summed E-state index contributed by atoms with van der Waals surface area (Å²) in [6, 6.07) is 0. The topological polar surface area (TPSA) is 55.6 Å². The monoisotopic (exact) mass is 292 g/mol. The number of alkyl halides is 2. The van der Waals surface area contributed by atoms with Crippen molar-refractivity contribution in [1.82, 2.24) is 4.90 Å². The van der Waals surface area contributed by atoms with E-state index in [1.807, 2.05) is 27.7 Å². The van der Waals surface area contributed by atoms with Crippen molar-refractivity contribution in [2.75, 3.05) is 19.6 Å². The molecule has 1 aliphatic heterocycles. The summed E-state index contributed by atoms with van der Waals surface area (Å²) >= 11 is 0. The molecule has 0 saturated carbocycles. The van der Waals surface area contributed by atoms with E-state index in [-0.39, 0.29) is 24.3 Å². The van der Waals surface area contributed by atoms with Crippen LogP contribution in [0, 0.1) is 11.8 Å². The summed E-state index contributed by atoms with van der Waals surface area (Å²) in [7, 11) is 0. The number of hydrogen-bond donors (Lipinski definition) is 1. The molecule has 2 unspecified atom stereocenters. The van der Waals surface area contributed by atoms with Crippen molar-refractivity contribution in [3.05, 3.63) is 0 Å². The Hall–Kier alpha value is -0.910. The van der Waals surface area contributed by atoms with E-state index in [4.69, 9.17) is 10.5 Å². The zero-order valence-electron chi connectivity index (χ0n) is 12.8. The second-order valence-electron chi connectivity index (χ2n) is 6.72. The molecule has 118 valence electrons. The van der Waals surface area contributed by atoms with Gasteiger partial charge in [0.2, 0.25) is 0 Å².